The lowest BCUT2D eigenvalue weighted by Crippen LogP contribution is -2.54. The van der Waals surface area contributed by atoms with E-state index in [0.717, 1.165) is 31.2 Å². The summed E-state index contributed by atoms with van der Waals surface area (Å²) in [4.78, 5) is 79.1. The molecule has 2 fully saturated rings. The summed E-state index contributed by atoms with van der Waals surface area (Å²) < 4.78 is 12.1. The van der Waals surface area contributed by atoms with Crippen molar-refractivity contribution in [1.82, 2.24) is 20.2 Å². The average Bonchev–Trinajstić information content (AvgIpc) is 3.71. The molecule has 1 aromatic rings. The van der Waals surface area contributed by atoms with Gasteiger partial charge in [-0.2, -0.15) is 0 Å². The molecule has 0 unspecified atom stereocenters. The summed E-state index contributed by atoms with van der Waals surface area (Å²) in [6, 6.07) is 8.70. The molecular formula is C45H74N4O8. The Kier molecular flexibility index (Phi) is 19.8. The zero-order chi connectivity index (χ0) is 42.4. The molecule has 2 heterocycles. The van der Waals surface area contributed by atoms with Gasteiger partial charge in [-0.05, 0) is 62.5 Å². The van der Waals surface area contributed by atoms with Gasteiger partial charge < -0.3 is 24.6 Å². The van der Waals surface area contributed by atoms with Crippen molar-refractivity contribution in [2.75, 3.05) is 48.0 Å². The lowest BCUT2D eigenvalue weighted by Gasteiger charge is -2.40. The van der Waals surface area contributed by atoms with Crippen LogP contribution in [0.4, 0.5) is 0 Å². The van der Waals surface area contributed by atoms with Crippen LogP contribution in [0.15, 0.2) is 30.3 Å². The molecule has 3 rings (SSSR count). The summed E-state index contributed by atoms with van der Waals surface area (Å²) in [6.07, 6.45) is 3.49. The molecule has 2 aliphatic rings. The predicted octanol–water partition coefficient (Wildman–Crippen LogP) is 6.07. The van der Waals surface area contributed by atoms with Crippen LogP contribution in [-0.2, 0) is 38.3 Å². The first-order valence-corrected chi connectivity index (χ1v) is 21.5. The number of likely N-dealkylation sites (tertiary alicyclic amines) is 1. The predicted molar refractivity (Wildman–Crippen MR) is 222 cm³/mol. The number of nitrogens with one attached hydrogen (secondary N) is 1. The number of rotatable bonds is 23. The quantitative estimate of drug-likeness (QED) is 0.140. The maximum atomic E-state index is 14.3. The lowest BCUT2D eigenvalue weighted by molar-refractivity contribution is -0.202. The van der Waals surface area contributed by atoms with E-state index >= 15 is 0 Å². The normalized spacial score (nSPS) is 20.9. The van der Waals surface area contributed by atoms with E-state index in [1.54, 1.807) is 33.2 Å². The van der Waals surface area contributed by atoms with Crippen LogP contribution in [0, 0.1) is 29.6 Å². The van der Waals surface area contributed by atoms with Crippen molar-refractivity contribution in [2.45, 2.75) is 143 Å². The van der Waals surface area contributed by atoms with Crippen molar-refractivity contribution in [2.24, 2.45) is 29.6 Å². The van der Waals surface area contributed by atoms with Crippen LogP contribution in [0.25, 0.3) is 0 Å². The van der Waals surface area contributed by atoms with Gasteiger partial charge in [0.15, 0.2) is 5.78 Å². The fourth-order valence-electron chi connectivity index (χ4n) is 9.10. The van der Waals surface area contributed by atoms with Crippen molar-refractivity contribution in [1.29, 1.82) is 0 Å². The van der Waals surface area contributed by atoms with Gasteiger partial charge in [-0.3, -0.25) is 28.8 Å². The summed E-state index contributed by atoms with van der Waals surface area (Å²) >= 11 is 0. The van der Waals surface area contributed by atoms with E-state index in [-0.39, 0.29) is 78.4 Å². The summed E-state index contributed by atoms with van der Waals surface area (Å²) in [5.74, 6) is -2.32. The number of nitrogens with zero attached hydrogens (tertiary/aromatic N) is 3. The first-order chi connectivity index (χ1) is 27.2. The van der Waals surface area contributed by atoms with Crippen molar-refractivity contribution < 1.29 is 38.3 Å². The number of likely N-dealkylation sites (N-methyl/N-ethyl adjacent to an activating group) is 2. The summed E-state index contributed by atoms with van der Waals surface area (Å²) in [5.41, 5.74) is 0.979. The Labute approximate surface area is 343 Å². The second-order valence-corrected chi connectivity index (χ2v) is 16.8. The van der Waals surface area contributed by atoms with Gasteiger partial charge in [0.1, 0.15) is 5.78 Å². The van der Waals surface area contributed by atoms with E-state index in [2.05, 4.69) is 19.2 Å². The minimum absolute atomic E-state index is 0.00800. The summed E-state index contributed by atoms with van der Waals surface area (Å²) in [5, 5.41) is 4.54. The Morgan fingerprint density at radius 2 is 1.56 bits per heavy atom. The molecular weight excluding hydrogens is 725 g/mol. The van der Waals surface area contributed by atoms with Gasteiger partial charge in [-0.1, -0.05) is 85.2 Å². The maximum absolute atomic E-state index is 14.3. The van der Waals surface area contributed by atoms with Gasteiger partial charge in [0, 0.05) is 59.0 Å². The fraction of sp³-hybridized carbons (Fsp3) is 0.756. The van der Waals surface area contributed by atoms with Crippen LogP contribution >= 0.6 is 0 Å². The van der Waals surface area contributed by atoms with Gasteiger partial charge in [-0.25, -0.2) is 5.06 Å². The largest absolute Gasteiger partial charge is 0.379 e. The molecule has 10 atom stereocenters. The van der Waals surface area contributed by atoms with Gasteiger partial charge in [0.05, 0.1) is 49.3 Å². The van der Waals surface area contributed by atoms with Crippen LogP contribution < -0.4 is 5.32 Å². The zero-order valence-corrected chi connectivity index (χ0v) is 36.8. The minimum Gasteiger partial charge on any atom is -0.379 e. The zero-order valence-electron chi connectivity index (χ0n) is 36.8. The molecule has 0 bridgehead atoms. The van der Waals surface area contributed by atoms with E-state index in [0.29, 0.717) is 32.5 Å². The molecule has 0 aliphatic carbocycles. The van der Waals surface area contributed by atoms with E-state index in [9.17, 15) is 24.0 Å². The number of carbonyl (C=O) groups excluding carboxylic acids is 5. The van der Waals surface area contributed by atoms with E-state index in [4.69, 9.17) is 14.3 Å². The Morgan fingerprint density at radius 3 is 2.11 bits per heavy atom. The highest BCUT2D eigenvalue weighted by atomic mass is 16.7. The number of Topliss-reactive ketones (excluding diaryl/α,β-unsaturated/α-hetero) is 2. The molecule has 2 saturated heterocycles. The van der Waals surface area contributed by atoms with Crippen LogP contribution in [-0.4, -0.2) is 122 Å². The minimum atomic E-state index is -0.621. The third-order valence-corrected chi connectivity index (χ3v) is 12.9. The number of ether oxygens (including phenoxy) is 2. The highest BCUT2D eigenvalue weighted by Gasteiger charge is 2.44. The molecule has 57 heavy (non-hydrogen) atoms. The number of benzene rings is 1. The SMILES string of the molecule is CC[C@H](CC(=O)[C@@H](NC)C(C)C)C(=O)N(C)[C@@H]([C@@H](C)CC)[C@@H](CC(=O)N1CCC[C@H]1[C@H](OC)[C@@H](C)C(=O)C[C@H](C(=O)N1CCCCO1)[C@@H](C)c1ccccc1)OC. The Morgan fingerprint density at radius 1 is 0.877 bits per heavy atom. The first-order valence-electron chi connectivity index (χ1n) is 21.5. The fourth-order valence-corrected chi connectivity index (χ4v) is 9.10. The van der Waals surface area contributed by atoms with Gasteiger partial charge in [0.25, 0.3) is 0 Å². The monoisotopic (exact) mass is 799 g/mol. The third-order valence-electron chi connectivity index (χ3n) is 12.9. The third kappa shape index (κ3) is 12.4. The molecule has 3 amide bonds. The van der Waals surface area contributed by atoms with E-state index in [1.807, 2.05) is 69.9 Å². The molecule has 12 nitrogen and oxygen atoms in total. The van der Waals surface area contributed by atoms with Gasteiger partial charge in [-0.15, -0.1) is 0 Å². The molecule has 0 saturated carbocycles. The summed E-state index contributed by atoms with van der Waals surface area (Å²) in [6.45, 7) is 15.4. The first kappa shape index (κ1) is 48.2. The number of ketones is 2. The Hall–Kier alpha value is -3.19. The number of methoxy groups -OCH3 is 2. The molecule has 0 spiro atoms. The second kappa shape index (κ2) is 23.4. The highest BCUT2D eigenvalue weighted by Crippen LogP contribution is 2.34. The standard InChI is InChI=1S/C45H74N4O8/c1-12-30(5)42(47(9)44(53)33(13-2)26-38(51)41(46-8)29(3)4)39(55-10)28-40(52)48-23-19-22-36(48)43(56-11)32(7)37(50)27-35(31(6)34-20-15-14-16-21-34)45(54)49-24-17-18-25-57-49/h14-16,20-21,29-33,35-36,39,41-43,46H,12-13,17-19,22-28H2,1-11H3/t30-,31-,32-,33+,35-,36-,39+,41-,42-,43+/m0/s1. The molecule has 0 radical (unpaired) electrons. The van der Waals surface area contributed by atoms with Crippen molar-refractivity contribution in [3.05, 3.63) is 35.9 Å². The number of hydrogen-bond donors (Lipinski definition) is 1. The molecule has 2 aliphatic heterocycles. The van der Waals surface area contributed by atoms with E-state index < -0.39 is 36.0 Å². The van der Waals surface area contributed by atoms with Crippen LogP contribution in [0.3, 0.4) is 0 Å². The van der Waals surface area contributed by atoms with E-state index in [1.165, 1.54) is 5.06 Å². The Bertz CT molecular complexity index is 1440. The Balaban J connectivity index is 1.80. The van der Waals surface area contributed by atoms with Crippen molar-refractivity contribution in [3.8, 4) is 0 Å². The van der Waals surface area contributed by atoms with Crippen LogP contribution in [0.1, 0.15) is 118 Å². The smallest absolute Gasteiger partial charge is 0.250 e. The number of hydrogen-bond acceptors (Lipinski definition) is 9. The topological polar surface area (TPSA) is 135 Å². The van der Waals surface area contributed by atoms with Crippen LogP contribution in [0.5, 0.6) is 0 Å². The highest BCUT2D eigenvalue weighted by molar-refractivity contribution is 5.90. The maximum Gasteiger partial charge on any atom is 0.250 e. The lowest BCUT2D eigenvalue weighted by atomic mass is 9.80. The average molecular weight is 799 g/mol. The van der Waals surface area contributed by atoms with Crippen molar-refractivity contribution in [3.63, 3.8) is 0 Å². The van der Waals surface area contributed by atoms with Crippen molar-refractivity contribution >= 4 is 29.3 Å². The molecule has 322 valence electrons. The summed E-state index contributed by atoms with van der Waals surface area (Å²) in [7, 11) is 6.70. The molecule has 1 aromatic carbocycles. The van der Waals surface area contributed by atoms with Gasteiger partial charge in [0.2, 0.25) is 17.7 Å². The van der Waals surface area contributed by atoms with Gasteiger partial charge >= 0.3 is 0 Å². The molecule has 1 N–H and O–H groups in total. The molecule has 12 heteroatoms. The molecule has 0 aromatic heterocycles. The second-order valence-electron chi connectivity index (χ2n) is 16.8. The number of hydroxylamine groups is 2. The number of amides is 3. The van der Waals surface area contributed by atoms with Crippen LogP contribution in [0.2, 0.25) is 0 Å². The number of carbonyl (C=O) groups is 5.